The smallest absolute Gasteiger partial charge is 0.223 e. The first-order valence-corrected chi connectivity index (χ1v) is 11.5. The monoisotopic (exact) mass is 506 g/mol. The van der Waals surface area contributed by atoms with Crippen molar-refractivity contribution in [3.8, 4) is 21.7 Å². The molecule has 1 unspecified atom stereocenters. The molecule has 0 spiro atoms. The van der Waals surface area contributed by atoms with Gasteiger partial charge in [-0.15, -0.1) is 0 Å². The van der Waals surface area contributed by atoms with Crippen LogP contribution in [0.4, 0.5) is 28.4 Å². The van der Waals surface area contributed by atoms with Crippen molar-refractivity contribution in [1.29, 1.82) is 0 Å². The molecular weight excluding hydrogens is 492 g/mol. The lowest BCUT2D eigenvalue weighted by Gasteiger charge is -2.12. The first-order chi connectivity index (χ1) is 16.2. The van der Waals surface area contributed by atoms with E-state index in [1.807, 2.05) is 0 Å². The normalized spacial score (nSPS) is 11.8. The number of nitrogens with zero attached hydrogens (tertiary/aromatic N) is 2. The highest BCUT2D eigenvalue weighted by Crippen LogP contribution is 2.42. The molecule has 12 heteroatoms. The Balaban J connectivity index is 1.81. The maximum absolute atomic E-state index is 15.5. The summed E-state index contributed by atoms with van der Waals surface area (Å²) in [5, 5.41) is 2.60. The number of amides is 1. The molecular formula is C22H14F4N4O2S2. The molecule has 0 aliphatic carbocycles. The van der Waals surface area contributed by atoms with Gasteiger partial charge in [0.25, 0.3) is 0 Å². The zero-order valence-electron chi connectivity index (χ0n) is 17.2. The fourth-order valence-corrected chi connectivity index (χ4v) is 4.97. The Bertz CT molecular complexity index is 1410. The minimum Gasteiger partial charge on any atom is -0.302 e. The van der Waals surface area contributed by atoms with Crippen LogP contribution < -0.4 is 10.0 Å². The van der Waals surface area contributed by atoms with Crippen molar-refractivity contribution in [3.05, 3.63) is 78.1 Å². The molecule has 0 aliphatic heterocycles. The Hall–Kier alpha value is -3.64. The second-order valence-corrected chi connectivity index (χ2v) is 9.02. The van der Waals surface area contributed by atoms with E-state index in [1.165, 1.54) is 19.3 Å². The molecule has 2 N–H and O–H groups in total. The summed E-state index contributed by atoms with van der Waals surface area (Å²) in [5.74, 6) is -4.34. The summed E-state index contributed by atoms with van der Waals surface area (Å²) in [4.78, 5) is 19.4. The van der Waals surface area contributed by atoms with Crippen LogP contribution >= 0.6 is 11.3 Å². The van der Waals surface area contributed by atoms with Gasteiger partial charge in [0.05, 0.1) is 26.7 Å². The molecule has 0 bridgehead atoms. The molecule has 0 aliphatic rings. The Morgan fingerprint density at radius 3 is 2.41 bits per heavy atom. The quantitative estimate of drug-likeness (QED) is 0.337. The van der Waals surface area contributed by atoms with Crippen molar-refractivity contribution in [3.63, 3.8) is 0 Å². The highest BCUT2D eigenvalue weighted by atomic mass is 32.2. The van der Waals surface area contributed by atoms with Gasteiger partial charge in [0.2, 0.25) is 5.91 Å². The van der Waals surface area contributed by atoms with Crippen molar-refractivity contribution in [1.82, 2.24) is 9.97 Å². The van der Waals surface area contributed by atoms with Crippen LogP contribution in [0.5, 0.6) is 0 Å². The summed E-state index contributed by atoms with van der Waals surface area (Å²) < 4.78 is 72.6. The lowest BCUT2D eigenvalue weighted by Crippen LogP contribution is -2.10. The number of aromatic nitrogens is 2. The van der Waals surface area contributed by atoms with Crippen molar-refractivity contribution in [2.75, 3.05) is 10.0 Å². The predicted molar refractivity (Wildman–Crippen MR) is 121 cm³/mol. The number of anilines is 2. The van der Waals surface area contributed by atoms with E-state index in [0.29, 0.717) is 16.5 Å². The molecule has 4 aromatic rings. The number of nitrogens with one attached hydrogen (secondary N) is 2. The fraction of sp³-hybridized carbons (Fsp3) is 0.0455. The number of carbonyl (C=O) groups is 1. The van der Waals surface area contributed by atoms with Crippen LogP contribution in [0.1, 0.15) is 6.92 Å². The van der Waals surface area contributed by atoms with E-state index in [4.69, 9.17) is 0 Å². The molecule has 1 amide bonds. The Labute approximate surface area is 197 Å². The largest absolute Gasteiger partial charge is 0.302 e. The SMILES string of the molecule is CC(=O)Nc1nc(-c2c(F)ccc(NS(=O)c3cc(F)ccc3F)c2F)c(-c2ccncc2)s1. The topological polar surface area (TPSA) is 84.0 Å². The molecule has 6 nitrogen and oxygen atoms in total. The maximum atomic E-state index is 15.5. The number of carbonyl (C=O) groups excluding carboxylic acids is 1. The first kappa shape index (κ1) is 23.5. The Morgan fingerprint density at radius 1 is 1.00 bits per heavy atom. The van der Waals surface area contributed by atoms with Gasteiger partial charge in [-0.25, -0.2) is 26.8 Å². The standard InChI is InChI=1S/C22H14F4N4O2S2/c1-11(31)28-22-29-20(21(33-22)12-6-8-27-9-7-12)18-15(25)4-5-16(19(18)26)30-34(32)17-10-13(23)2-3-14(17)24/h2-10,30H,1H3,(H,28,29,31). The zero-order chi connectivity index (χ0) is 24.4. The summed E-state index contributed by atoms with van der Waals surface area (Å²) in [6.45, 7) is 1.26. The average molecular weight is 507 g/mol. The van der Waals surface area contributed by atoms with E-state index in [9.17, 15) is 22.2 Å². The molecule has 0 saturated heterocycles. The minimum atomic E-state index is -2.39. The number of rotatable bonds is 6. The lowest BCUT2D eigenvalue weighted by molar-refractivity contribution is -0.114. The number of halogens is 4. The summed E-state index contributed by atoms with van der Waals surface area (Å²) in [5.41, 5.74) is -0.544. The van der Waals surface area contributed by atoms with Crippen LogP contribution in [0.25, 0.3) is 21.7 Å². The molecule has 174 valence electrons. The van der Waals surface area contributed by atoms with Gasteiger partial charge >= 0.3 is 0 Å². The van der Waals surface area contributed by atoms with Crippen LogP contribution in [-0.2, 0) is 15.8 Å². The van der Waals surface area contributed by atoms with Crippen molar-refractivity contribution in [2.45, 2.75) is 11.8 Å². The number of benzene rings is 2. The van der Waals surface area contributed by atoms with Gasteiger partial charge in [-0.3, -0.25) is 14.5 Å². The van der Waals surface area contributed by atoms with E-state index in [2.05, 4.69) is 20.0 Å². The van der Waals surface area contributed by atoms with E-state index in [1.54, 1.807) is 12.1 Å². The van der Waals surface area contributed by atoms with Crippen molar-refractivity contribution < 1.29 is 26.6 Å². The van der Waals surface area contributed by atoms with E-state index in [-0.39, 0.29) is 10.8 Å². The van der Waals surface area contributed by atoms with Gasteiger partial charge < -0.3 is 5.32 Å². The van der Waals surface area contributed by atoms with Crippen molar-refractivity contribution >= 4 is 39.0 Å². The van der Waals surface area contributed by atoms with E-state index in [0.717, 1.165) is 35.6 Å². The molecule has 2 aromatic heterocycles. The molecule has 0 radical (unpaired) electrons. The van der Waals surface area contributed by atoms with Gasteiger partial charge in [0, 0.05) is 19.3 Å². The third kappa shape index (κ3) is 4.82. The van der Waals surface area contributed by atoms with Gasteiger partial charge in [-0.1, -0.05) is 11.3 Å². The van der Waals surface area contributed by atoms with Crippen LogP contribution in [0, 0.1) is 23.3 Å². The number of hydrogen-bond acceptors (Lipinski definition) is 5. The molecule has 2 heterocycles. The molecule has 1 atom stereocenters. The van der Waals surface area contributed by atoms with Crippen LogP contribution in [0.3, 0.4) is 0 Å². The van der Waals surface area contributed by atoms with Gasteiger partial charge in [-0.05, 0) is 48.0 Å². The second kappa shape index (κ2) is 9.69. The molecule has 4 rings (SSSR count). The van der Waals surface area contributed by atoms with Gasteiger partial charge in [0.1, 0.15) is 17.5 Å². The van der Waals surface area contributed by atoms with E-state index < -0.39 is 56.3 Å². The van der Waals surface area contributed by atoms with Gasteiger partial charge in [0.15, 0.2) is 21.9 Å². The summed E-state index contributed by atoms with van der Waals surface area (Å²) in [6.07, 6.45) is 2.97. The zero-order valence-corrected chi connectivity index (χ0v) is 18.9. The fourth-order valence-electron chi connectivity index (χ4n) is 3.02. The lowest BCUT2D eigenvalue weighted by atomic mass is 10.1. The van der Waals surface area contributed by atoms with E-state index >= 15 is 4.39 Å². The number of pyridine rings is 1. The third-order valence-corrected chi connectivity index (χ3v) is 6.61. The average Bonchev–Trinajstić information content (AvgIpc) is 3.20. The van der Waals surface area contributed by atoms with Crippen LogP contribution in [-0.4, -0.2) is 20.1 Å². The third-order valence-electron chi connectivity index (χ3n) is 4.48. The van der Waals surface area contributed by atoms with Gasteiger partial charge in [-0.2, -0.15) is 0 Å². The molecule has 0 saturated carbocycles. The van der Waals surface area contributed by atoms with Crippen molar-refractivity contribution in [2.24, 2.45) is 0 Å². The summed E-state index contributed by atoms with van der Waals surface area (Å²) in [7, 11) is -2.39. The number of thiazole rings is 1. The Kier molecular flexibility index (Phi) is 6.70. The summed E-state index contributed by atoms with van der Waals surface area (Å²) in [6, 6.07) is 7.47. The summed E-state index contributed by atoms with van der Waals surface area (Å²) >= 11 is 0.998. The van der Waals surface area contributed by atoms with Crippen LogP contribution in [0.2, 0.25) is 0 Å². The molecule has 34 heavy (non-hydrogen) atoms. The highest BCUT2D eigenvalue weighted by Gasteiger charge is 2.25. The maximum Gasteiger partial charge on any atom is 0.223 e. The number of hydrogen-bond donors (Lipinski definition) is 2. The highest BCUT2D eigenvalue weighted by molar-refractivity contribution is 7.86. The van der Waals surface area contributed by atoms with Crippen LogP contribution in [0.15, 0.2) is 59.8 Å². The molecule has 0 fully saturated rings. The predicted octanol–water partition coefficient (Wildman–Crippen LogP) is 5.52. The first-order valence-electron chi connectivity index (χ1n) is 9.55. The second-order valence-electron chi connectivity index (χ2n) is 6.84. The minimum absolute atomic E-state index is 0.108. The molecule has 2 aromatic carbocycles. The Morgan fingerprint density at radius 2 is 1.71 bits per heavy atom.